The van der Waals surface area contributed by atoms with Gasteiger partial charge in [0.05, 0.1) is 6.04 Å². The predicted molar refractivity (Wildman–Crippen MR) is 79.9 cm³/mol. The van der Waals surface area contributed by atoms with Crippen molar-refractivity contribution < 1.29 is 0 Å². The summed E-state index contributed by atoms with van der Waals surface area (Å²) in [6.45, 7) is 3.31. The molecule has 1 fully saturated rings. The molecule has 1 aliphatic carbocycles. The molecule has 2 N–H and O–H groups in total. The number of nitrogens with zero attached hydrogens (tertiary/aromatic N) is 1. The molecular formula is C15H26N2S. The summed E-state index contributed by atoms with van der Waals surface area (Å²) in [7, 11) is 2.24. The molecule has 1 saturated carbocycles. The number of nitrogens with two attached hydrogens (primary N) is 1. The Labute approximate surface area is 115 Å². The van der Waals surface area contributed by atoms with E-state index in [2.05, 4.69) is 36.4 Å². The smallest absolute Gasteiger partial charge is 0.0519 e. The van der Waals surface area contributed by atoms with E-state index in [1.807, 2.05) is 0 Å². The summed E-state index contributed by atoms with van der Waals surface area (Å²) in [5.41, 5.74) is 6.27. The predicted octanol–water partition coefficient (Wildman–Crippen LogP) is 3.65. The summed E-state index contributed by atoms with van der Waals surface area (Å²) in [4.78, 5) is 3.79. The normalized spacial score (nSPS) is 26.4. The fraction of sp³-hybridized carbons (Fsp3) is 0.733. The van der Waals surface area contributed by atoms with Crippen LogP contribution in [0.1, 0.15) is 49.9 Å². The van der Waals surface area contributed by atoms with E-state index in [1.54, 1.807) is 11.3 Å². The van der Waals surface area contributed by atoms with E-state index in [0.717, 1.165) is 18.5 Å². The van der Waals surface area contributed by atoms with Crippen LogP contribution in [0, 0.1) is 5.92 Å². The van der Waals surface area contributed by atoms with Gasteiger partial charge in [0.1, 0.15) is 0 Å². The molecule has 0 aliphatic heterocycles. The van der Waals surface area contributed by atoms with Crippen LogP contribution < -0.4 is 5.73 Å². The van der Waals surface area contributed by atoms with Crippen molar-refractivity contribution in [1.29, 1.82) is 0 Å². The average Bonchev–Trinajstić information content (AvgIpc) is 2.92. The molecule has 1 atom stereocenters. The van der Waals surface area contributed by atoms with Crippen LogP contribution in [-0.2, 0) is 0 Å². The standard InChI is InChI=1S/C15H26N2S/c1-3-12-6-8-13(9-7-12)17(2)11-14(16)15-5-4-10-18-15/h4-5,10,12-14H,3,6-9,11,16H2,1-2H3. The molecule has 0 aromatic carbocycles. The maximum absolute atomic E-state index is 6.27. The number of hydrogen-bond acceptors (Lipinski definition) is 3. The van der Waals surface area contributed by atoms with E-state index in [9.17, 15) is 0 Å². The SMILES string of the molecule is CCC1CCC(N(C)CC(N)c2cccs2)CC1. The highest BCUT2D eigenvalue weighted by molar-refractivity contribution is 7.10. The Morgan fingerprint density at radius 1 is 1.39 bits per heavy atom. The van der Waals surface area contributed by atoms with Crippen molar-refractivity contribution in [3.63, 3.8) is 0 Å². The fourth-order valence-electron chi connectivity index (χ4n) is 3.05. The van der Waals surface area contributed by atoms with Gasteiger partial charge in [-0.3, -0.25) is 0 Å². The third-order valence-electron chi connectivity index (χ3n) is 4.41. The third-order valence-corrected chi connectivity index (χ3v) is 5.41. The van der Waals surface area contributed by atoms with E-state index in [0.29, 0.717) is 0 Å². The van der Waals surface area contributed by atoms with Gasteiger partial charge in [0, 0.05) is 17.5 Å². The molecule has 3 heteroatoms. The van der Waals surface area contributed by atoms with Gasteiger partial charge >= 0.3 is 0 Å². The van der Waals surface area contributed by atoms with Crippen LogP contribution >= 0.6 is 11.3 Å². The van der Waals surface area contributed by atoms with Crippen LogP contribution in [0.3, 0.4) is 0 Å². The molecule has 0 radical (unpaired) electrons. The molecule has 0 bridgehead atoms. The maximum atomic E-state index is 6.27. The highest BCUT2D eigenvalue weighted by Gasteiger charge is 2.24. The van der Waals surface area contributed by atoms with E-state index < -0.39 is 0 Å². The summed E-state index contributed by atoms with van der Waals surface area (Å²) in [5, 5.41) is 2.11. The molecule has 0 amide bonds. The first kappa shape index (κ1) is 14.0. The number of thiophene rings is 1. The summed E-state index contributed by atoms with van der Waals surface area (Å²) < 4.78 is 0. The van der Waals surface area contributed by atoms with Crippen LogP contribution in [0.2, 0.25) is 0 Å². The lowest BCUT2D eigenvalue weighted by Gasteiger charge is -2.35. The van der Waals surface area contributed by atoms with Gasteiger partial charge in [-0.25, -0.2) is 0 Å². The van der Waals surface area contributed by atoms with Crippen LogP contribution in [0.15, 0.2) is 17.5 Å². The Bertz CT molecular complexity index is 328. The summed E-state index contributed by atoms with van der Waals surface area (Å²) in [6.07, 6.45) is 6.86. The summed E-state index contributed by atoms with van der Waals surface area (Å²) in [6, 6.07) is 5.17. The topological polar surface area (TPSA) is 29.3 Å². The van der Waals surface area contributed by atoms with Crippen molar-refractivity contribution in [2.45, 2.75) is 51.1 Å². The molecule has 1 aromatic rings. The Morgan fingerprint density at radius 3 is 2.67 bits per heavy atom. The molecule has 0 saturated heterocycles. The Balaban J connectivity index is 1.80. The zero-order chi connectivity index (χ0) is 13.0. The summed E-state index contributed by atoms with van der Waals surface area (Å²) >= 11 is 1.77. The second-order valence-electron chi connectivity index (χ2n) is 5.64. The highest BCUT2D eigenvalue weighted by Crippen LogP contribution is 2.29. The van der Waals surface area contributed by atoms with Gasteiger partial charge in [0.25, 0.3) is 0 Å². The lowest BCUT2D eigenvalue weighted by molar-refractivity contribution is 0.157. The molecule has 102 valence electrons. The first-order chi connectivity index (χ1) is 8.70. The molecule has 1 aromatic heterocycles. The molecule has 18 heavy (non-hydrogen) atoms. The average molecular weight is 266 g/mol. The van der Waals surface area contributed by atoms with Gasteiger partial charge in [-0.2, -0.15) is 0 Å². The van der Waals surface area contributed by atoms with Gasteiger partial charge < -0.3 is 10.6 Å². The lowest BCUT2D eigenvalue weighted by Crippen LogP contribution is -2.39. The number of rotatable bonds is 5. The zero-order valence-electron chi connectivity index (χ0n) is 11.6. The first-order valence-electron chi connectivity index (χ1n) is 7.20. The van der Waals surface area contributed by atoms with Crippen LogP contribution in [-0.4, -0.2) is 24.5 Å². The van der Waals surface area contributed by atoms with Crippen molar-refractivity contribution in [2.24, 2.45) is 11.7 Å². The second kappa shape index (κ2) is 6.69. The van der Waals surface area contributed by atoms with Gasteiger partial charge in [-0.05, 0) is 50.1 Å². The number of likely N-dealkylation sites (N-methyl/N-ethyl adjacent to an activating group) is 1. The monoisotopic (exact) mass is 266 g/mol. The first-order valence-corrected chi connectivity index (χ1v) is 8.08. The van der Waals surface area contributed by atoms with Crippen molar-refractivity contribution in [2.75, 3.05) is 13.6 Å². The quantitative estimate of drug-likeness (QED) is 0.881. The molecule has 1 aliphatic rings. The number of hydrogen-bond donors (Lipinski definition) is 1. The Morgan fingerprint density at radius 2 is 2.11 bits per heavy atom. The van der Waals surface area contributed by atoms with Gasteiger partial charge in [0.2, 0.25) is 0 Å². The lowest BCUT2D eigenvalue weighted by atomic mass is 9.84. The largest absolute Gasteiger partial charge is 0.322 e. The van der Waals surface area contributed by atoms with Crippen molar-refractivity contribution in [3.05, 3.63) is 22.4 Å². The molecule has 0 spiro atoms. The summed E-state index contributed by atoms with van der Waals surface area (Å²) in [5.74, 6) is 0.973. The highest BCUT2D eigenvalue weighted by atomic mass is 32.1. The maximum Gasteiger partial charge on any atom is 0.0519 e. The van der Waals surface area contributed by atoms with Crippen LogP contribution in [0.25, 0.3) is 0 Å². The molecule has 1 heterocycles. The molecule has 2 nitrogen and oxygen atoms in total. The Hall–Kier alpha value is -0.380. The van der Waals surface area contributed by atoms with Crippen molar-refractivity contribution in [1.82, 2.24) is 4.90 Å². The minimum Gasteiger partial charge on any atom is -0.322 e. The van der Waals surface area contributed by atoms with E-state index in [-0.39, 0.29) is 6.04 Å². The minimum absolute atomic E-state index is 0.180. The van der Waals surface area contributed by atoms with E-state index in [4.69, 9.17) is 5.73 Å². The minimum atomic E-state index is 0.180. The van der Waals surface area contributed by atoms with E-state index in [1.165, 1.54) is 37.0 Å². The van der Waals surface area contributed by atoms with Gasteiger partial charge in [-0.1, -0.05) is 19.4 Å². The molecule has 1 unspecified atom stereocenters. The third kappa shape index (κ3) is 3.56. The van der Waals surface area contributed by atoms with Gasteiger partial charge in [0.15, 0.2) is 0 Å². The van der Waals surface area contributed by atoms with E-state index >= 15 is 0 Å². The Kier molecular flexibility index (Phi) is 5.22. The van der Waals surface area contributed by atoms with Crippen LogP contribution in [0.4, 0.5) is 0 Å². The van der Waals surface area contributed by atoms with Crippen molar-refractivity contribution in [3.8, 4) is 0 Å². The zero-order valence-corrected chi connectivity index (χ0v) is 12.5. The van der Waals surface area contributed by atoms with Crippen molar-refractivity contribution >= 4 is 11.3 Å². The van der Waals surface area contributed by atoms with Gasteiger partial charge in [-0.15, -0.1) is 11.3 Å². The second-order valence-corrected chi connectivity index (χ2v) is 6.62. The molecule has 2 rings (SSSR count). The van der Waals surface area contributed by atoms with Crippen LogP contribution in [0.5, 0.6) is 0 Å². The molecular weight excluding hydrogens is 240 g/mol. The fourth-order valence-corrected chi connectivity index (χ4v) is 3.77.